The number of nitrogens with two attached hydrogens (primary N) is 2. The number of amides is 2. The highest BCUT2D eigenvalue weighted by atomic mass is 16.2. The lowest BCUT2D eigenvalue weighted by Gasteiger charge is -2.29. The van der Waals surface area contributed by atoms with Crippen molar-refractivity contribution in [3.63, 3.8) is 0 Å². The van der Waals surface area contributed by atoms with Crippen molar-refractivity contribution in [2.75, 3.05) is 24.7 Å². The van der Waals surface area contributed by atoms with E-state index in [1.807, 2.05) is 0 Å². The molecule has 10 heteroatoms. The third kappa shape index (κ3) is 4.96. The minimum absolute atomic E-state index is 0.0111. The Morgan fingerprint density at radius 2 is 1.90 bits per heavy atom. The molecule has 154 valence electrons. The van der Waals surface area contributed by atoms with E-state index < -0.39 is 5.91 Å². The largest absolute Gasteiger partial charge is 0.364 e. The van der Waals surface area contributed by atoms with Gasteiger partial charge >= 0.3 is 0 Å². The van der Waals surface area contributed by atoms with Crippen LogP contribution in [0.5, 0.6) is 0 Å². The molecule has 2 aromatic heterocycles. The lowest BCUT2D eigenvalue weighted by Crippen LogP contribution is -2.42. The van der Waals surface area contributed by atoms with Crippen molar-refractivity contribution in [3.05, 3.63) is 35.9 Å². The van der Waals surface area contributed by atoms with Crippen LogP contribution in [0.2, 0.25) is 0 Å². The number of nitrogens with zero attached hydrogens (tertiary/aromatic N) is 4. The van der Waals surface area contributed by atoms with Gasteiger partial charge in [-0.1, -0.05) is 12.8 Å². The Kier molecular flexibility index (Phi) is 6.23. The van der Waals surface area contributed by atoms with Gasteiger partial charge in [0.1, 0.15) is 11.5 Å². The molecule has 10 nitrogen and oxygen atoms in total. The third-order valence-electron chi connectivity index (χ3n) is 4.81. The number of rotatable bonds is 6. The molecule has 0 bridgehead atoms. The van der Waals surface area contributed by atoms with Crippen molar-refractivity contribution in [1.82, 2.24) is 19.9 Å². The van der Waals surface area contributed by atoms with Crippen LogP contribution >= 0.6 is 0 Å². The number of hydrogen-bond acceptors (Lipinski definition) is 8. The summed E-state index contributed by atoms with van der Waals surface area (Å²) < 4.78 is 0. The summed E-state index contributed by atoms with van der Waals surface area (Å²) in [5, 5.41) is 6.31. The number of primary amides is 1. The highest BCUT2D eigenvalue weighted by Crippen LogP contribution is 2.23. The first-order valence-corrected chi connectivity index (χ1v) is 9.49. The Balaban J connectivity index is 1.81. The number of carbonyl (C=O) groups is 2. The van der Waals surface area contributed by atoms with Crippen molar-refractivity contribution < 1.29 is 9.59 Å². The van der Waals surface area contributed by atoms with Gasteiger partial charge in [-0.15, -0.1) is 0 Å². The van der Waals surface area contributed by atoms with E-state index in [-0.39, 0.29) is 29.5 Å². The Bertz CT molecular complexity index is 884. The van der Waals surface area contributed by atoms with Crippen molar-refractivity contribution in [3.8, 4) is 0 Å². The van der Waals surface area contributed by atoms with Gasteiger partial charge in [0.25, 0.3) is 11.8 Å². The fraction of sp³-hybridized carbons (Fsp3) is 0.421. The number of pyridine rings is 1. The first-order valence-electron chi connectivity index (χ1n) is 9.49. The van der Waals surface area contributed by atoms with Crippen LogP contribution in [0.25, 0.3) is 0 Å². The van der Waals surface area contributed by atoms with E-state index in [9.17, 15) is 9.59 Å². The van der Waals surface area contributed by atoms with Crippen LogP contribution < -0.4 is 22.1 Å². The third-order valence-corrected chi connectivity index (χ3v) is 4.81. The van der Waals surface area contributed by atoms with Crippen LogP contribution in [0.4, 0.5) is 17.3 Å². The molecule has 0 radical (unpaired) electrons. The highest BCUT2D eigenvalue weighted by Gasteiger charge is 2.23. The summed E-state index contributed by atoms with van der Waals surface area (Å²) in [7, 11) is 3.31. The van der Waals surface area contributed by atoms with Gasteiger partial charge < -0.3 is 27.0 Å². The number of hydrogen-bond donors (Lipinski definition) is 4. The maximum atomic E-state index is 12.0. The van der Waals surface area contributed by atoms with E-state index >= 15 is 0 Å². The minimum atomic E-state index is -0.701. The predicted octanol–water partition coefficient (Wildman–Crippen LogP) is 1.10. The molecule has 1 aliphatic carbocycles. The van der Waals surface area contributed by atoms with Crippen molar-refractivity contribution in [2.45, 2.75) is 37.8 Å². The molecule has 1 aliphatic rings. The average molecular weight is 398 g/mol. The molecule has 1 fully saturated rings. The lowest BCUT2D eigenvalue weighted by molar-refractivity contribution is 0.0821. The number of anilines is 3. The van der Waals surface area contributed by atoms with Crippen LogP contribution in [0.3, 0.4) is 0 Å². The standard InChI is InChI=1S/C19H26N8O2/c1-27(2)19(29)14-8-7-11(9-22-14)24-18-16(17(21)28)23-10-15(26-18)25-13-6-4-3-5-12(13)20/h7-10,12-13H,3-6,20H2,1-2H3,(H2,21,28)(H2,24,25,26)/t12-,13+/m0/s1. The molecule has 3 rings (SSSR count). The fourth-order valence-corrected chi connectivity index (χ4v) is 3.21. The molecule has 2 heterocycles. The quantitative estimate of drug-likeness (QED) is 0.564. The molecule has 0 spiro atoms. The van der Waals surface area contributed by atoms with Gasteiger partial charge in [0.2, 0.25) is 0 Å². The molecule has 0 aromatic carbocycles. The summed E-state index contributed by atoms with van der Waals surface area (Å²) >= 11 is 0. The number of nitrogens with one attached hydrogen (secondary N) is 2. The SMILES string of the molecule is CN(C)C(=O)c1ccc(Nc2nc(N[C@@H]3CCCC[C@@H]3N)cnc2C(N)=O)cn1. The first kappa shape index (κ1) is 20.5. The summed E-state index contributed by atoms with van der Waals surface area (Å²) in [5.41, 5.74) is 12.5. The summed E-state index contributed by atoms with van der Waals surface area (Å²) in [5.74, 6) is -0.190. The van der Waals surface area contributed by atoms with Gasteiger partial charge in [-0.3, -0.25) is 9.59 Å². The van der Waals surface area contributed by atoms with Gasteiger partial charge in [-0.05, 0) is 25.0 Å². The summed E-state index contributed by atoms with van der Waals surface area (Å²) in [6.07, 6.45) is 7.10. The second-order valence-electron chi connectivity index (χ2n) is 7.27. The second-order valence-corrected chi connectivity index (χ2v) is 7.27. The smallest absolute Gasteiger partial charge is 0.271 e. The number of carbonyl (C=O) groups excluding carboxylic acids is 2. The molecule has 2 aromatic rings. The van der Waals surface area contributed by atoms with Gasteiger partial charge in [-0.2, -0.15) is 0 Å². The fourth-order valence-electron chi connectivity index (χ4n) is 3.21. The topological polar surface area (TPSA) is 152 Å². The first-order chi connectivity index (χ1) is 13.8. The summed E-state index contributed by atoms with van der Waals surface area (Å²) in [4.78, 5) is 37.9. The van der Waals surface area contributed by atoms with Crippen molar-refractivity contribution >= 4 is 29.1 Å². The molecule has 0 aliphatic heterocycles. The van der Waals surface area contributed by atoms with E-state index in [0.717, 1.165) is 25.7 Å². The molecule has 1 saturated carbocycles. The Morgan fingerprint density at radius 3 is 2.52 bits per heavy atom. The maximum absolute atomic E-state index is 12.0. The monoisotopic (exact) mass is 398 g/mol. The van der Waals surface area contributed by atoms with Crippen LogP contribution in [0, 0.1) is 0 Å². The molecule has 29 heavy (non-hydrogen) atoms. The van der Waals surface area contributed by atoms with Gasteiger partial charge in [0, 0.05) is 26.2 Å². The van der Waals surface area contributed by atoms with Crippen LogP contribution in [-0.2, 0) is 0 Å². The Labute approximate surface area is 169 Å². The number of aromatic nitrogens is 3. The van der Waals surface area contributed by atoms with Gasteiger partial charge in [-0.25, -0.2) is 15.0 Å². The zero-order chi connectivity index (χ0) is 21.0. The van der Waals surface area contributed by atoms with Crippen LogP contribution in [-0.4, -0.2) is 57.8 Å². The zero-order valence-corrected chi connectivity index (χ0v) is 16.6. The molecular weight excluding hydrogens is 372 g/mol. The van der Waals surface area contributed by atoms with Crippen LogP contribution in [0.1, 0.15) is 46.7 Å². The maximum Gasteiger partial charge on any atom is 0.271 e. The molecule has 6 N–H and O–H groups in total. The van der Waals surface area contributed by atoms with Crippen molar-refractivity contribution in [2.24, 2.45) is 11.5 Å². The van der Waals surface area contributed by atoms with Gasteiger partial charge in [0.05, 0.1) is 18.1 Å². The lowest BCUT2D eigenvalue weighted by atomic mass is 9.91. The van der Waals surface area contributed by atoms with E-state index in [0.29, 0.717) is 17.2 Å². The minimum Gasteiger partial charge on any atom is -0.364 e. The molecule has 0 saturated heterocycles. The highest BCUT2D eigenvalue weighted by molar-refractivity contribution is 5.96. The van der Waals surface area contributed by atoms with E-state index in [1.165, 1.54) is 17.3 Å². The Hall–Kier alpha value is -3.27. The molecule has 2 amide bonds. The molecule has 0 unspecified atom stereocenters. The average Bonchev–Trinajstić information content (AvgIpc) is 2.69. The predicted molar refractivity (Wildman–Crippen MR) is 110 cm³/mol. The van der Waals surface area contributed by atoms with Crippen LogP contribution in [0.15, 0.2) is 24.5 Å². The van der Waals surface area contributed by atoms with Crippen molar-refractivity contribution in [1.29, 1.82) is 0 Å². The summed E-state index contributed by atoms with van der Waals surface area (Å²) in [6.45, 7) is 0. The summed E-state index contributed by atoms with van der Waals surface area (Å²) in [6, 6.07) is 3.41. The second kappa shape index (κ2) is 8.82. The molecular formula is C19H26N8O2. The van der Waals surface area contributed by atoms with E-state index in [2.05, 4.69) is 25.6 Å². The Morgan fingerprint density at radius 1 is 1.14 bits per heavy atom. The van der Waals surface area contributed by atoms with E-state index in [4.69, 9.17) is 11.5 Å². The van der Waals surface area contributed by atoms with Gasteiger partial charge in [0.15, 0.2) is 11.5 Å². The normalized spacial score (nSPS) is 18.7. The van der Waals surface area contributed by atoms with E-state index in [1.54, 1.807) is 26.2 Å². The molecule has 2 atom stereocenters. The zero-order valence-electron chi connectivity index (χ0n) is 16.6.